The van der Waals surface area contributed by atoms with Gasteiger partial charge < -0.3 is 14.4 Å². The highest BCUT2D eigenvalue weighted by atomic mass is 35.5. The molecule has 0 radical (unpaired) electrons. The first kappa shape index (κ1) is 21.4. The van der Waals surface area contributed by atoms with Crippen LogP contribution in [-0.2, 0) is 13.2 Å². The number of hydrogen-bond acceptors (Lipinski definition) is 6. The van der Waals surface area contributed by atoms with E-state index in [4.69, 9.17) is 26.2 Å². The summed E-state index contributed by atoms with van der Waals surface area (Å²) in [4.78, 5) is 19.8. The Balaban J connectivity index is 1.60. The van der Waals surface area contributed by atoms with Crippen molar-refractivity contribution in [2.75, 3.05) is 27.7 Å². The molecule has 33 heavy (non-hydrogen) atoms. The Bertz CT molecular complexity index is 1360. The molecule has 2 aromatic heterocycles. The summed E-state index contributed by atoms with van der Waals surface area (Å²) in [7, 11) is 5.66. The Hall–Kier alpha value is -3.42. The quantitative estimate of drug-likeness (QED) is 0.356. The second-order valence-electron chi connectivity index (χ2n) is 8.22. The van der Waals surface area contributed by atoms with E-state index in [0.29, 0.717) is 46.3 Å². The van der Waals surface area contributed by atoms with Crippen molar-refractivity contribution in [3.8, 4) is 22.8 Å². The number of carbonyl (C=O) groups is 1. The second kappa shape index (κ2) is 8.50. The number of halogens is 1. The van der Waals surface area contributed by atoms with Crippen molar-refractivity contribution in [2.24, 2.45) is 0 Å². The Labute approximate surface area is 196 Å². The highest BCUT2D eigenvalue weighted by Crippen LogP contribution is 2.45. The van der Waals surface area contributed by atoms with Gasteiger partial charge in [0.1, 0.15) is 23.8 Å². The molecule has 0 atom stereocenters. The van der Waals surface area contributed by atoms with Crippen LogP contribution in [0.2, 0.25) is 5.02 Å². The van der Waals surface area contributed by atoms with Crippen LogP contribution >= 0.6 is 11.6 Å². The predicted octanol–water partition coefficient (Wildman–Crippen LogP) is 4.45. The average molecular weight is 463 g/mol. The van der Waals surface area contributed by atoms with Gasteiger partial charge >= 0.3 is 0 Å². The van der Waals surface area contributed by atoms with Crippen LogP contribution in [0, 0.1) is 0 Å². The normalized spacial score (nSPS) is 12.3. The van der Waals surface area contributed by atoms with Gasteiger partial charge in [-0.3, -0.25) is 14.5 Å². The SMILES string of the molecule is COc1ccc(COc2cncc3c2-c2nn(CCN(C)C)c4ccc(Cl)c(c24)C3=O)cc1. The van der Waals surface area contributed by atoms with Crippen molar-refractivity contribution in [1.29, 1.82) is 0 Å². The van der Waals surface area contributed by atoms with Crippen molar-refractivity contribution < 1.29 is 14.3 Å². The lowest BCUT2D eigenvalue weighted by Gasteiger charge is -2.18. The molecule has 0 saturated heterocycles. The van der Waals surface area contributed by atoms with Gasteiger partial charge in [-0.15, -0.1) is 0 Å². The first-order chi connectivity index (χ1) is 16.0. The molecule has 0 amide bonds. The van der Waals surface area contributed by atoms with Crippen LogP contribution in [0.15, 0.2) is 48.8 Å². The number of ether oxygens (including phenoxy) is 2. The van der Waals surface area contributed by atoms with Crippen LogP contribution in [0.3, 0.4) is 0 Å². The highest BCUT2D eigenvalue weighted by Gasteiger charge is 2.33. The maximum atomic E-state index is 13.4. The number of ketones is 1. The molecular weight excluding hydrogens is 440 g/mol. The van der Waals surface area contributed by atoms with E-state index in [2.05, 4.69) is 9.88 Å². The van der Waals surface area contributed by atoms with E-state index in [0.717, 1.165) is 28.8 Å². The Kier molecular flexibility index (Phi) is 5.52. The monoisotopic (exact) mass is 462 g/mol. The molecule has 0 fully saturated rings. The fraction of sp³-hybridized carbons (Fsp3) is 0.240. The van der Waals surface area contributed by atoms with Gasteiger partial charge in [-0.1, -0.05) is 23.7 Å². The Morgan fingerprint density at radius 3 is 2.58 bits per heavy atom. The summed E-state index contributed by atoms with van der Waals surface area (Å²) in [5.41, 5.74) is 4.13. The number of methoxy groups -OCH3 is 1. The third kappa shape index (κ3) is 3.73. The number of benzene rings is 2. The molecule has 168 valence electrons. The number of fused-ring (bicyclic) bond motifs is 2. The summed E-state index contributed by atoms with van der Waals surface area (Å²) in [6.45, 7) is 1.82. The number of pyridine rings is 1. The molecule has 0 N–H and O–H groups in total. The summed E-state index contributed by atoms with van der Waals surface area (Å²) in [5.74, 6) is 1.13. The molecule has 4 aromatic rings. The first-order valence-corrected chi connectivity index (χ1v) is 11.0. The van der Waals surface area contributed by atoms with Crippen LogP contribution in [0.1, 0.15) is 21.5 Å². The van der Waals surface area contributed by atoms with Gasteiger partial charge in [-0.25, -0.2) is 0 Å². The van der Waals surface area contributed by atoms with Crippen LogP contribution in [0.5, 0.6) is 11.5 Å². The highest BCUT2D eigenvalue weighted by molar-refractivity contribution is 6.39. The second-order valence-corrected chi connectivity index (χ2v) is 8.62. The largest absolute Gasteiger partial charge is 0.497 e. The van der Waals surface area contributed by atoms with E-state index < -0.39 is 0 Å². The molecule has 0 bridgehead atoms. The average Bonchev–Trinajstić information content (AvgIpc) is 3.19. The molecule has 5 rings (SSSR count). The van der Waals surface area contributed by atoms with Gasteiger partial charge in [0.2, 0.25) is 0 Å². The third-order valence-electron chi connectivity index (χ3n) is 5.80. The van der Waals surface area contributed by atoms with E-state index in [-0.39, 0.29) is 5.78 Å². The van der Waals surface area contributed by atoms with Gasteiger partial charge in [0.05, 0.1) is 47.1 Å². The Morgan fingerprint density at radius 2 is 1.85 bits per heavy atom. The molecule has 0 saturated carbocycles. The van der Waals surface area contributed by atoms with Crippen molar-refractivity contribution in [1.82, 2.24) is 19.7 Å². The van der Waals surface area contributed by atoms with Gasteiger partial charge in [0.25, 0.3) is 0 Å². The van der Waals surface area contributed by atoms with Crippen molar-refractivity contribution in [2.45, 2.75) is 13.2 Å². The molecule has 1 aliphatic rings. The minimum Gasteiger partial charge on any atom is -0.497 e. The van der Waals surface area contributed by atoms with Gasteiger partial charge in [-0.05, 0) is 43.9 Å². The minimum atomic E-state index is -0.164. The van der Waals surface area contributed by atoms with E-state index in [1.807, 2.05) is 49.1 Å². The van der Waals surface area contributed by atoms with E-state index >= 15 is 0 Å². The minimum absolute atomic E-state index is 0.164. The van der Waals surface area contributed by atoms with Gasteiger partial charge in [0, 0.05) is 18.1 Å². The molecule has 0 aliphatic heterocycles. The summed E-state index contributed by atoms with van der Waals surface area (Å²) >= 11 is 6.49. The zero-order valence-corrected chi connectivity index (χ0v) is 19.4. The number of likely N-dealkylation sites (N-methyl/N-ethyl adjacent to an activating group) is 1. The molecule has 8 heteroatoms. The zero-order valence-electron chi connectivity index (χ0n) is 18.6. The van der Waals surface area contributed by atoms with E-state index in [1.54, 1.807) is 25.6 Å². The molecule has 7 nitrogen and oxygen atoms in total. The lowest BCUT2D eigenvalue weighted by Crippen LogP contribution is -2.18. The lowest BCUT2D eigenvalue weighted by atomic mass is 9.88. The summed E-state index contributed by atoms with van der Waals surface area (Å²) in [5, 5.41) is 6.08. The maximum Gasteiger partial charge on any atom is 0.197 e. The molecular formula is C25H23ClN4O3. The summed E-state index contributed by atoms with van der Waals surface area (Å²) in [6.07, 6.45) is 3.20. The van der Waals surface area contributed by atoms with Crippen LogP contribution in [-0.4, -0.2) is 53.2 Å². The van der Waals surface area contributed by atoms with Crippen molar-refractivity contribution >= 4 is 28.3 Å². The molecule has 1 aliphatic carbocycles. The smallest absolute Gasteiger partial charge is 0.197 e. The fourth-order valence-corrected chi connectivity index (χ4v) is 4.34. The first-order valence-electron chi connectivity index (χ1n) is 10.6. The fourth-order valence-electron chi connectivity index (χ4n) is 4.09. The predicted molar refractivity (Wildman–Crippen MR) is 127 cm³/mol. The van der Waals surface area contributed by atoms with Crippen molar-refractivity contribution in [3.63, 3.8) is 0 Å². The third-order valence-corrected chi connectivity index (χ3v) is 6.12. The van der Waals surface area contributed by atoms with Crippen molar-refractivity contribution in [3.05, 3.63) is 70.5 Å². The number of rotatable bonds is 7. The lowest BCUT2D eigenvalue weighted by molar-refractivity contribution is 0.103. The van der Waals surface area contributed by atoms with E-state index in [1.165, 1.54) is 0 Å². The summed E-state index contributed by atoms with van der Waals surface area (Å²) < 4.78 is 13.3. The van der Waals surface area contributed by atoms with Gasteiger partial charge in [-0.2, -0.15) is 5.10 Å². The topological polar surface area (TPSA) is 69.5 Å². The maximum absolute atomic E-state index is 13.4. The number of nitrogens with zero attached hydrogens (tertiary/aromatic N) is 4. The summed E-state index contributed by atoms with van der Waals surface area (Å²) in [6, 6.07) is 11.3. The number of hydrogen-bond donors (Lipinski definition) is 0. The standard InChI is InChI=1S/C25H23ClN4O3/c1-29(2)10-11-30-19-9-8-18(26)22-23(19)24(28-30)21-17(25(22)31)12-27-13-20(21)33-14-15-4-6-16(32-3)7-5-15/h4-9,12-13H,10-11,14H2,1-3H3. The Morgan fingerprint density at radius 1 is 1.06 bits per heavy atom. The van der Waals surface area contributed by atoms with Gasteiger partial charge in [0.15, 0.2) is 5.78 Å². The van der Waals surface area contributed by atoms with E-state index in [9.17, 15) is 4.79 Å². The zero-order chi connectivity index (χ0) is 23.1. The number of aromatic nitrogens is 3. The van der Waals surface area contributed by atoms with Crippen LogP contribution < -0.4 is 9.47 Å². The number of carbonyl (C=O) groups excluding carboxylic acids is 1. The van der Waals surface area contributed by atoms with Crippen LogP contribution in [0.25, 0.3) is 22.2 Å². The molecule has 0 spiro atoms. The van der Waals surface area contributed by atoms with Crippen LogP contribution in [0.4, 0.5) is 0 Å². The molecule has 0 unspecified atom stereocenters. The molecule has 2 heterocycles. The molecule has 2 aromatic carbocycles.